The van der Waals surface area contributed by atoms with E-state index in [4.69, 9.17) is 11.6 Å². The molecular formula is C20H22ClN5O2. The maximum Gasteiger partial charge on any atom is 0.276 e. The third-order valence-electron chi connectivity index (χ3n) is 5.28. The van der Waals surface area contributed by atoms with Gasteiger partial charge in [0.25, 0.3) is 11.5 Å². The number of rotatable bonds is 3. The van der Waals surface area contributed by atoms with Crippen LogP contribution in [0.15, 0.2) is 35.3 Å². The topological polar surface area (TPSA) is 73.7 Å². The summed E-state index contributed by atoms with van der Waals surface area (Å²) in [4.78, 5) is 34.5. The number of nitrogens with one attached hydrogen (secondary N) is 1. The van der Waals surface area contributed by atoms with Crippen molar-refractivity contribution in [1.29, 1.82) is 0 Å². The maximum atomic E-state index is 13.0. The van der Waals surface area contributed by atoms with Gasteiger partial charge >= 0.3 is 0 Å². The summed E-state index contributed by atoms with van der Waals surface area (Å²) >= 11 is 5.94. The van der Waals surface area contributed by atoms with Gasteiger partial charge in [0.2, 0.25) is 0 Å². The van der Waals surface area contributed by atoms with Crippen molar-refractivity contribution in [3.8, 4) is 0 Å². The number of aryl methyl sites for hydroxylation is 1. The third-order valence-corrected chi connectivity index (χ3v) is 5.53. The summed E-state index contributed by atoms with van der Waals surface area (Å²) in [6.07, 6.45) is 2.04. The smallest absolute Gasteiger partial charge is 0.276 e. The van der Waals surface area contributed by atoms with E-state index >= 15 is 0 Å². The zero-order chi connectivity index (χ0) is 19.8. The number of carbonyl (C=O) groups is 1. The van der Waals surface area contributed by atoms with Crippen LogP contribution in [0.5, 0.6) is 0 Å². The van der Waals surface area contributed by atoms with Gasteiger partial charge in [0.15, 0.2) is 5.65 Å². The molecule has 1 aliphatic heterocycles. The first-order valence-corrected chi connectivity index (χ1v) is 9.63. The molecule has 0 radical (unpaired) electrons. The molecule has 2 aromatic heterocycles. The fourth-order valence-corrected chi connectivity index (χ4v) is 3.63. The number of fused-ring (bicyclic) bond motifs is 1. The van der Waals surface area contributed by atoms with Gasteiger partial charge in [-0.05, 0) is 31.7 Å². The predicted octanol–water partition coefficient (Wildman–Crippen LogP) is 1.96. The van der Waals surface area contributed by atoms with E-state index in [9.17, 15) is 9.59 Å². The van der Waals surface area contributed by atoms with E-state index in [0.29, 0.717) is 47.0 Å². The van der Waals surface area contributed by atoms with Gasteiger partial charge in [-0.2, -0.15) is 0 Å². The Bertz CT molecular complexity index is 1080. The minimum absolute atomic E-state index is 0.0939. The highest BCUT2D eigenvalue weighted by molar-refractivity contribution is 6.30. The SMILES string of the molecule is Cc1nc2c(C(=O)N3CCN(C)CC3)c[nH]n2c(=O)c1Cc1ccc(Cl)cc1. The Balaban J connectivity index is 1.68. The molecule has 8 heteroatoms. The number of amides is 1. The number of halogens is 1. The Morgan fingerprint density at radius 2 is 1.86 bits per heavy atom. The zero-order valence-electron chi connectivity index (χ0n) is 15.9. The van der Waals surface area contributed by atoms with Crippen LogP contribution in [0.4, 0.5) is 0 Å². The van der Waals surface area contributed by atoms with E-state index in [2.05, 4.69) is 15.0 Å². The number of carbonyl (C=O) groups excluding carboxylic acids is 1. The van der Waals surface area contributed by atoms with Crippen molar-refractivity contribution in [2.75, 3.05) is 33.2 Å². The molecular weight excluding hydrogens is 378 g/mol. The van der Waals surface area contributed by atoms with Crippen LogP contribution >= 0.6 is 11.6 Å². The van der Waals surface area contributed by atoms with E-state index < -0.39 is 0 Å². The number of aromatic nitrogens is 3. The highest BCUT2D eigenvalue weighted by atomic mass is 35.5. The first kappa shape index (κ1) is 18.7. The van der Waals surface area contributed by atoms with Gasteiger partial charge in [-0.25, -0.2) is 9.50 Å². The molecule has 0 unspecified atom stereocenters. The number of piperazine rings is 1. The van der Waals surface area contributed by atoms with Gasteiger partial charge in [0, 0.05) is 55.1 Å². The van der Waals surface area contributed by atoms with E-state index in [-0.39, 0.29) is 11.5 Å². The molecule has 1 amide bonds. The summed E-state index contributed by atoms with van der Waals surface area (Å²) in [6, 6.07) is 7.40. The number of hydrogen-bond acceptors (Lipinski definition) is 4. The van der Waals surface area contributed by atoms with Crippen molar-refractivity contribution in [3.63, 3.8) is 0 Å². The lowest BCUT2D eigenvalue weighted by Gasteiger charge is -2.32. The van der Waals surface area contributed by atoms with Crippen molar-refractivity contribution >= 4 is 23.2 Å². The minimum Gasteiger partial charge on any atom is -0.336 e. The molecule has 7 nitrogen and oxygen atoms in total. The quantitative estimate of drug-likeness (QED) is 0.730. The van der Waals surface area contributed by atoms with Gasteiger partial charge in [-0.3, -0.25) is 14.7 Å². The standard InChI is InChI=1S/C20H22ClN5O2/c1-13-16(11-14-3-5-15(21)6-4-14)20(28)26-18(23-13)17(12-22-26)19(27)25-9-7-24(2)8-10-25/h3-6,12,22H,7-11H2,1-2H3. The Kier molecular flexibility index (Phi) is 4.95. The molecule has 3 heterocycles. The first-order chi connectivity index (χ1) is 13.4. The highest BCUT2D eigenvalue weighted by Gasteiger charge is 2.24. The lowest BCUT2D eigenvalue weighted by molar-refractivity contribution is 0.0666. The van der Waals surface area contributed by atoms with Crippen molar-refractivity contribution in [2.24, 2.45) is 0 Å². The monoisotopic (exact) mass is 399 g/mol. The molecule has 3 aromatic rings. The molecule has 0 spiro atoms. The van der Waals surface area contributed by atoms with Crippen LogP contribution in [0.25, 0.3) is 5.65 Å². The second kappa shape index (κ2) is 7.41. The summed E-state index contributed by atoms with van der Waals surface area (Å²) < 4.78 is 1.36. The summed E-state index contributed by atoms with van der Waals surface area (Å²) in [7, 11) is 2.04. The maximum absolute atomic E-state index is 13.0. The van der Waals surface area contributed by atoms with Gasteiger partial charge in [0.1, 0.15) is 5.56 Å². The van der Waals surface area contributed by atoms with Crippen LogP contribution < -0.4 is 5.56 Å². The minimum atomic E-state index is -0.185. The van der Waals surface area contributed by atoms with E-state index in [1.807, 2.05) is 31.0 Å². The summed E-state index contributed by atoms with van der Waals surface area (Å²) in [5.41, 5.74) is 2.84. The Morgan fingerprint density at radius 1 is 1.18 bits per heavy atom. The van der Waals surface area contributed by atoms with E-state index in [1.165, 1.54) is 4.52 Å². The lowest BCUT2D eigenvalue weighted by atomic mass is 10.1. The number of benzene rings is 1. The average molecular weight is 400 g/mol. The normalized spacial score (nSPS) is 15.3. The Labute approximate surface area is 167 Å². The third kappa shape index (κ3) is 3.43. The van der Waals surface area contributed by atoms with Crippen LogP contribution in [0.2, 0.25) is 5.02 Å². The molecule has 0 saturated carbocycles. The summed E-state index contributed by atoms with van der Waals surface area (Å²) in [5, 5.41) is 3.57. The number of hydrogen-bond donors (Lipinski definition) is 1. The van der Waals surface area contributed by atoms with Crippen molar-refractivity contribution in [3.05, 3.63) is 68.2 Å². The molecule has 1 aromatic carbocycles. The van der Waals surface area contributed by atoms with Gasteiger partial charge in [0.05, 0.1) is 0 Å². The van der Waals surface area contributed by atoms with Crippen LogP contribution in [0.1, 0.15) is 27.2 Å². The molecule has 0 atom stereocenters. The van der Waals surface area contributed by atoms with Crippen molar-refractivity contribution in [1.82, 2.24) is 24.4 Å². The van der Waals surface area contributed by atoms with Crippen LogP contribution in [0, 0.1) is 6.92 Å². The van der Waals surface area contributed by atoms with E-state index in [0.717, 1.165) is 18.7 Å². The second-order valence-electron chi connectivity index (χ2n) is 7.23. The molecule has 28 heavy (non-hydrogen) atoms. The first-order valence-electron chi connectivity index (χ1n) is 9.26. The second-order valence-corrected chi connectivity index (χ2v) is 7.66. The highest BCUT2D eigenvalue weighted by Crippen LogP contribution is 2.16. The average Bonchev–Trinajstić information content (AvgIpc) is 3.10. The largest absolute Gasteiger partial charge is 0.336 e. The van der Waals surface area contributed by atoms with Crippen LogP contribution in [-0.4, -0.2) is 63.5 Å². The molecule has 4 rings (SSSR count). The molecule has 1 aliphatic rings. The summed E-state index contributed by atoms with van der Waals surface area (Å²) in [5.74, 6) is -0.0939. The lowest BCUT2D eigenvalue weighted by Crippen LogP contribution is -2.47. The van der Waals surface area contributed by atoms with E-state index in [1.54, 1.807) is 18.3 Å². The number of H-pyrrole nitrogens is 1. The molecule has 146 valence electrons. The van der Waals surface area contributed by atoms with Crippen molar-refractivity contribution < 1.29 is 4.79 Å². The van der Waals surface area contributed by atoms with Gasteiger partial charge < -0.3 is 9.80 Å². The molecule has 0 aliphatic carbocycles. The number of aromatic amines is 1. The molecule has 1 saturated heterocycles. The molecule has 1 fully saturated rings. The zero-order valence-corrected chi connectivity index (χ0v) is 16.7. The van der Waals surface area contributed by atoms with Gasteiger partial charge in [-0.15, -0.1) is 0 Å². The van der Waals surface area contributed by atoms with Crippen LogP contribution in [-0.2, 0) is 6.42 Å². The van der Waals surface area contributed by atoms with Crippen LogP contribution in [0.3, 0.4) is 0 Å². The number of nitrogens with zero attached hydrogens (tertiary/aromatic N) is 4. The van der Waals surface area contributed by atoms with Gasteiger partial charge in [-0.1, -0.05) is 23.7 Å². The number of likely N-dealkylation sites (N-methyl/N-ethyl adjacent to an activating group) is 1. The fourth-order valence-electron chi connectivity index (χ4n) is 3.50. The Hall–Kier alpha value is -2.64. The Morgan fingerprint density at radius 3 is 2.54 bits per heavy atom. The molecule has 1 N–H and O–H groups in total. The predicted molar refractivity (Wildman–Crippen MR) is 108 cm³/mol. The van der Waals surface area contributed by atoms with Crippen molar-refractivity contribution in [2.45, 2.75) is 13.3 Å². The molecule has 0 bridgehead atoms. The fraction of sp³-hybridized carbons (Fsp3) is 0.350. The summed E-state index contributed by atoms with van der Waals surface area (Å²) in [6.45, 7) is 4.83.